The number of carbonyl (C=O) groups excluding carboxylic acids is 1. The Hall–Kier alpha value is -2.29. The van der Waals surface area contributed by atoms with Crippen LogP contribution in [0.2, 0.25) is 0 Å². The van der Waals surface area contributed by atoms with Crippen molar-refractivity contribution in [2.24, 2.45) is 0 Å². The molecule has 0 fully saturated rings. The van der Waals surface area contributed by atoms with Crippen molar-refractivity contribution in [3.05, 3.63) is 59.7 Å². The average Bonchev–Trinajstić information content (AvgIpc) is 2.48. The molecule has 21 heavy (non-hydrogen) atoms. The van der Waals surface area contributed by atoms with E-state index >= 15 is 0 Å². The molecule has 2 rings (SSSR count). The second-order valence-corrected chi connectivity index (χ2v) is 5.16. The number of hydrogen-bond donors (Lipinski definition) is 1. The summed E-state index contributed by atoms with van der Waals surface area (Å²) in [5.74, 6) is 0.947. The van der Waals surface area contributed by atoms with Gasteiger partial charge in [-0.2, -0.15) is 0 Å². The Morgan fingerprint density at radius 3 is 2.62 bits per heavy atom. The number of amides is 1. The fourth-order valence-electron chi connectivity index (χ4n) is 2.20. The lowest BCUT2D eigenvalue weighted by Crippen LogP contribution is -2.13. The van der Waals surface area contributed by atoms with Crippen LogP contribution < -0.4 is 10.1 Å². The molecule has 0 unspecified atom stereocenters. The molecule has 110 valence electrons. The minimum atomic E-state index is -0.121. The van der Waals surface area contributed by atoms with E-state index in [-0.39, 0.29) is 5.91 Å². The van der Waals surface area contributed by atoms with Crippen LogP contribution in [0.3, 0.4) is 0 Å². The Morgan fingerprint density at radius 2 is 1.90 bits per heavy atom. The van der Waals surface area contributed by atoms with E-state index in [1.165, 1.54) is 0 Å². The molecule has 0 aliphatic heterocycles. The number of para-hydroxylation sites is 1. The fourth-order valence-corrected chi connectivity index (χ4v) is 2.20. The summed E-state index contributed by atoms with van der Waals surface area (Å²) in [7, 11) is 0. The van der Waals surface area contributed by atoms with Crippen LogP contribution in [-0.2, 0) is 0 Å². The lowest BCUT2D eigenvalue weighted by molar-refractivity contribution is 0.102. The highest BCUT2D eigenvalue weighted by Crippen LogP contribution is 2.24. The molecule has 1 N–H and O–H groups in total. The summed E-state index contributed by atoms with van der Waals surface area (Å²) in [4.78, 5) is 12.4. The molecule has 0 aliphatic rings. The molecule has 0 atom stereocenters. The Labute approximate surface area is 126 Å². The van der Waals surface area contributed by atoms with Gasteiger partial charge in [0.05, 0.1) is 6.61 Å². The fraction of sp³-hybridized carbons (Fsp3) is 0.278. The molecule has 0 bridgehead atoms. The van der Waals surface area contributed by atoms with Crippen LogP contribution in [0.25, 0.3) is 0 Å². The third-order valence-corrected chi connectivity index (χ3v) is 3.24. The summed E-state index contributed by atoms with van der Waals surface area (Å²) in [5.41, 5.74) is 2.59. The van der Waals surface area contributed by atoms with E-state index in [1.807, 2.05) is 43.3 Å². The van der Waals surface area contributed by atoms with E-state index in [2.05, 4.69) is 19.2 Å². The highest BCUT2D eigenvalue weighted by Gasteiger charge is 2.11. The van der Waals surface area contributed by atoms with Crippen LogP contribution in [0.5, 0.6) is 5.75 Å². The van der Waals surface area contributed by atoms with Gasteiger partial charge in [-0.15, -0.1) is 0 Å². The molecular formula is C18H21NO2. The summed E-state index contributed by atoms with van der Waals surface area (Å²) in [6.07, 6.45) is 0. The molecule has 0 aromatic heterocycles. The maximum Gasteiger partial charge on any atom is 0.255 e. The van der Waals surface area contributed by atoms with Gasteiger partial charge in [-0.1, -0.05) is 38.1 Å². The minimum Gasteiger partial charge on any atom is -0.494 e. The quantitative estimate of drug-likeness (QED) is 0.879. The Balaban J connectivity index is 2.20. The third kappa shape index (κ3) is 3.85. The zero-order chi connectivity index (χ0) is 15.2. The van der Waals surface area contributed by atoms with Crippen molar-refractivity contribution in [2.45, 2.75) is 26.7 Å². The van der Waals surface area contributed by atoms with Crippen LogP contribution in [-0.4, -0.2) is 12.5 Å². The highest BCUT2D eigenvalue weighted by molar-refractivity contribution is 6.04. The van der Waals surface area contributed by atoms with E-state index in [0.29, 0.717) is 23.8 Å². The van der Waals surface area contributed by atoms with Gasteiger partial charge in [0.15, 0.2) is 0 Å². The topological polar surface area (TPSA) is 38.3 Å². The van der Waals surface area contributed by atoms with Gasteiger partial charge in [0.25, 0.3) is 5.91 Å². The van der Waals surface area contributed by atoms with Gasteiger partial charge in [0, 0.05) is 11.3 Å². The lowest BCUT2D eigenvalue weighted by atomic mass is 10.0. The van der Waals surface area contributed by atoms with Crippen molar-refractivity contribution in [3.8, 4) is 5.75 Å². The number of benzene rings is 2. The number of carbonyl (C=O) groups is 1. The van der Waals surface area contributed by atoms with Gasteiger partial charge in [0.1, 0.15) is 5.75 Å². The van der Waals surface area contributed by atoms with Crippen molar-refractivity contribution < 1.29 is 9.53 Å². The van der Waals surface area contributed by atoms with Crippen molar-refractivity contribution in [1.29, 1.82) is 0 Å². The minimum absolute atomic E-state index is 0.121. The molecule has 0 heterocycles. The molecule has 2 aromatic rings. The van der Waals surface area contributed by atoms with Crippen LogP contribution in [0.15, 0.2) is 48.5 Å². The smallest absolute Gasteiger partial charge is 0.255 e. The van der Waals surface area contributed by atoms with Crippen LogP contribution in [0.4, 0.5) is 5.69 Å². The van der Waals surface area contributed by atoms with Crippen LogP contribution >= 0.6 is 0 Å². The molecule has 1 amide bonds. The monoisotopic (exact) mass is 283 g/mol. The SMILES string of the molecule is CCOc1cccc(C(=O)Nc2ccccc2C(C)C)c1. The summed E-state index contributed by atoms with van der Waals surface area (Å²) in [5, 5.41) is 2.98. The normalized spacial score (nSPS) is 10.5. The van der Waals surface area contributed by atoms with Gasteiger partial charge in [-0.25, -0.2) is 0 Å². The first kappa shape index (κ1) is 15.1. The first-order chi connectivity index (χ1) is 10.1. The molecule has 0 saturated carbocycles. The van der Waals surface area contributed by atoms with Crippen molar-refractivity contribution in [3.63, 3.8) is 0 Å². The van der Waals surface area contributed by atoms with Crippen molar-refractivity contribution in [1.82, 2.24) is 0 Å². The number of nitrogens with one attached hydrogen (secondary N) is 1. The molecule has 0 radical (unpaired) electrons. The summed E-state index contributed by atoms with van der Waals surface area (Å²) in [6, 6.07) is 15.1. The second kappa shape index (κ2) is 6.93. The first-order valence-corrected chi connectivity index (χ1v) is 7.25. The molecule has 0 saturated heterocycles. The van der Waals surface area contributed by atoms with E-state index in [0.717, 1.165) is 11.3 Å². The predicted octanol–water partition coefficient (Wildman–Crippen LogP) is 4.46. The molecule has 0 spiro atoms. The Bertz CT molecular complexity index is 620. The predicted molar refractivity (Wildman–Crippen MR) is 86.1 cm³/mol. The lowest BCUT2D eigenvalue weighted by Gasteiger charge is -2.14. The maximum absolute atomic E-state index is 12.4. The molecular weight excluding hydrogens is 262 g/mol. The zero-order valence-electron chi connectivity index (χ0n) is 12.7. The van der Waals surface area contributed by atoms with Gasteiger partial charge >= 0.3 is 0 Å². The van der Waals surface area contributed by atoms with E-state index in [1.54, 1.807) is 12.1 Å². The second-order valence-electron chi connectivity index (χ2n) is 5.16. The first-order valence-electron chi connectivity index (χ1n) is 7.25. The summed E-state index contributed by atoms with van der Waals surface area (Å²) >= 11 is 0. The average molecular weight is 283 g/mol. The van der Waals surface area contributed by atoms with E-state index in [9.17, 15) is 4.79 Å². The van der Waals surface area contributed by atoms with Crippen LogP contribution in [0, 0.1) is 0 Å². The highest BCUT2D eigenvalue weighted by atomic mass is 16.5. The van der Waals surface area contributed by atoms with Gasteiger partial charge in [-0.05, 0) is 42.7 Å². The van der Waals surface area contributed by atoms with Gasteiger partial charge in [0.2, 0.25) is 0 Å². The van der Waals surface area contributed by atoms with Gasteiger partial charge in [-0.3, -0.25) is 4.79 Å². The Kier molecular flexibility index (Phi) is 4.99. The van der Waals surface area contributed by atoms with E-state index < -0.39 is 0 Å². The third-order valence-electron chi connectivity index (χ3n) is 3.24. The Morgan fingerprint density at radius 1 is 1.14 bits per heavy atom. The van der Waals surface area contributed by atoms with Gasteiger partial charge < -0.3 is 10.1 Å². The van der Waals surface area contributed by atoms with Crippen molar-refractivity contribution in [2.75, 3.05) is 11.9 Å². The molecule has 3 heteroatoms. The molecule has 2 aromatic carbocycles. The number of rotatable bonds is 5. The van der Waals surface area contributed by atoms with E-state index in [4.69, 9.17) is 4.74 Å². The maximum atomic E-state index is 12.4. The molecule has 3 nitrogen and oxygen atoms in total. The van der Waals surface area contributed by atoms with Crippen LogP contribution in [0.1, 0.15) is 42.6 Å². The summed E-state index contributed by atoms with van der Waals surface area (Å²) in [6.45, 7) is 6.73. The molecule has 0 aliphatic carbocycles. The summed E-state index contributed by atoms with van der Waals surface area (Å²) < 4.78 is 5.43. The largest absolute Gasteiger partial charge is 0.494 e. The van der Waals surface area contributed by atoms with Crippen molar-refractivity contribution >= 4 is 11.6 Å². The number of ether oxygens (including phenoxy) is 1. The number of anilines is 1. The number of hydrogen-bond acceptors (Lipinski definition) is 2. The zero-order valence-corrected chi connectivity index (χ0v) is 12.7. The standard InChI is InChI=1S/C18H21NO2/c1-4-21-15-9-7-8-14(12-15)18(20)19-17-11-6-5-10-16(17)13(2)3/h5-13H,4H2,1-3H3,(H,19,20).